The van der Waals surface area contributed by atoms with E-state index in [1.54, 1.807) is 0 Å². The van der Waals surface area contributed by atoms with Gasteiger partial charge in [-0.3, -0.25) is 4.18 Å². The van der Waals surface area contributed by atoms with Gasteiger partial charge in [-0.25, -0.2) is 8.42 Å². The molecule has 0 aromatic rings. The molecule has 0 atom stereocenters. The average molecular weight is 348 g/mol. The molecule has 0 heterocycles. The molecule has 0 bridgehead atoms. The third kappa shape index (κ3) is 32.7. The van der Waals surface area contributed by atoms with E-state index in [0.29, 0.717) is 13.0 Å². The first-order valence-corrected chi connectivity index (χ1v) is 9.52. The molecule has 1 N–H and O–H groups in total. The summed E-state index contributed by atoms with van der Waals surface area (Å²) in [7, 11) is -4.48. The third-order valence-corrected chi connectivity index (χ3v) is 3.40. The molecule has 0 aliphatic carbocycles. The summed E-state index contributed by atoms with van der Waals surface area (Å²) in [6, 6.07) is 0. The maximum atomic E-state index is 10.1. The Labute approximate surface area is 159 Å². The van der Waals surface area contributed by atoms with E-state index >= 15 is 0 Å². The second kappa shape index (κ2) is 21.8. The monoisotopic (exact) mass is 348 g/mol. The first-order chi connectivity index (χ1) is 9.97. The van der Waals surface area contributed by atoms with E-state index in [1.807, 2.05) is 6.92 Å². The van der Waals surface area contributed by atoms with Crippen molar-refractivity contribution in [1.82, 2.24) is 0 Å². The van der Waals surface area contributed by atoms with Crippen LogP contribution in [0.2, 0.25) is 0 Å². The summed E-state index contributed by atoms with van der Waals surface area (Å²) in [5.74, 6) is 0. The van der Waals surface area contributed by atoms with Crippen LogP contribution in [0.15, 0.2) is 0 Å². The molecule has 0 radical (unpaired) electrons. The van der Waals surface area contributed by atoms with Crippen molar-refractivity contribution in [2.24, 2.45) is 0 Å². The smallest absolute Gasteiger partial charge is 0.726 e. The van der Waals surface area contributed by atoms with Crippen LogP contribution in [0.25, 0.3) is 0 Å². The van der Waals surface area contributed by atoms with Gasteiger partial charge in [-0.15, -0.1) is 0 Å². The number of hydrogen-bond donors (Lipinski definition) is 1. The molecule has 0 saturated carbocycles. The summed E-state index contributed by atoms with van der Waals surface area (Å²) in [6.07, 6.45) is 12.6. The van der Waals surface area contributed by atoms with Crippen molar-refractivity contribution in [2.75, 3.05) is 13.2 Å². The molecule has 130 valence electrons. The first-order valence-electron chi connectivity index (χ1n) is 8.19. The van der Waals surface area contributed by atoms with Crippen molar-refractivity contribution >= 4 is 10.4 Å². The van der Waals surface area contributed by atoms with Gasteiger partial charge in [-0.2, -0.15) is 0 Å². The number of aliphatic hydroxyl groups is 1. The Morgan fingerprint density at radius 3 is 1.50 bits per heavy atom. The van der Waals surface area contributed by atoms with Crippen molar-refractivity contribution in [3.63, 3.8) is 0 Å². The molecule has 7 heteroatoms. The molecule has 0 aliphatic heterocycles. The maximum absolute atomic E-state index is 10.1. The first kappa shape index (κ1) is 27.7. The van der Waals surface area contributed by atoms with Crippen molar-refractivity contribution in [3.8, 4) is 0 Å². The van der Waals surface area contributed by atoms with Crippen molar-refractivity contribution in [2.45, 2.75) is 84.5 Å². The minimum Gasteiger partial charge on any atom is -0.726 e. The fourth-order valence-corrected chi connectivity index (χ4v) is 2.07. The Morgan fingerprint density at radius 1 is 0.818 bits per heavy atom. The quantitative estimate of drug-likeness (QED) is 0.230. The zero-order valence-corrected chi connectivity index (χ0v) is 17.5. The van der Waals surface area contributed by atoms with Gasteiger partial charge in [0.1, 0.15) is 0 Å². The van der Waals surface area contributed by atoms with Crippen LogP contribution in [0.4, 0.5) is 0 Å². The molecular formula is C15H33NaO5S. The fraction of sp³-hybridized carbons (Fsp3) is 1.00. The van der Waals surface area contributed by atoms with E-state index in [0.717, 1.165) is 19.3 Å². The topological polar surface area (TPSA) is 86.7 Å². The van der Waals surface area contributed by atoms with E-state index in [1.165, 1.54) is 44.9 Å². The summed E-state index contributed by atoms with van der Waals surface area (Å²) in [6.45, 7) is 4.49. The molecule has 0 aliphatic rings. The molecule has 0 rings (SSSR count). The maximum Gasteiger partial charge on any atom is 1.00 e. The molecule has 0 spiro atoms. The molecular weight excluding hydrogens is 315 g/mol. The minimum atomic E-state index is -4.48. The van der Waals surface area contributed by atoms with Crippen LogP contribution in [0.5, 0.6) is 0 Å². The normalized spacial score (nSPS) is 10.5. The van der Waals surface area contributed by atoms with Crippen LogP contribution in [0.3, 0.4) is 0 Å². The second-order valence-electron chi connectivity index (χ2n) is 5.14. The molecule has 5 nitrogen and oxygen atoms in total. The Morgan fingerprint density at radius 2 is 1.18 bits per heavy atom. The number of rotatable bonds is 13. The molecule has 0 aromatic carbocycles. The zero-order chi connectivity index (χ0) is 16.4. The third-order valence-electron chi connectivity index (χ3n) is 2.95. The van der Waals surface area contributed by atoms with Crippen molar-refractivity contribution in [1.29, 1.82) is 0 Å². The van der Waals surface area contributed by atoms with Gasteiger partial charge in [-0.1, -0.05) is 71.6 Å². The van der Waals surface area contributed by atoms with Crippen LogP contribution >= 0.6 is 0 Å². The SMILES string of the molecule is CCCCCCCCCCCCOS(=O)(=O)[O-].CCCO.[Na+]. The Kier molecular flexibility index (Phi) is 27.5. The number of hydrogen-bond acceptors (Lipinski definition) is 5. The van der Waals surface area contributed by atoms with Crippen LogP contribution in [-0.4, -0.2) is 31.3 Å². The summed E-state index contributed by atoms with van der Waals surface area (Å²) in [4.78, 5) is 0. The minimum absolute atomic E-state index is 0. The van der Waals surface area contributed by atoms with Crippen molar-refractivity contribution in [3.05, 3.63) is 0 Å². The van der Waals surface area contributed by atoms with Gasteiger partial charge in [-0.05, 0) is 12.8 Å². The van der Waals surface area contributed by atoms with Gasteiger partial charge in [0.25, 0.3) is 0 Å². The molecule has 22 heavy (non-hydrogen) atoms. The molecule has 0 unspecified atom stereocenters. The standard InChI is InChI=1S/C12H26O4S.C3H8O.Na/c1-2-3-4-5-6-7-8-9-10-11-12-16-17(13,14)15;1-2-3-4;/h2-12H2,1H3,(H,13,14,15);4H,2-3H2,1H3;/q;;+1/p-1. The Bertz CT molecular complexity index is 282. The largest absolute Gasteiger partial charge is 1.00 e. The Hall–Kier alpha value is 0.830. The van der Waals surface area contributed by atoms with Crippen LogP contribution < -0.4 is 29.6 Å². The summed E-state index contributed by atoms with van der Waals surface area (Å²) in [5, 5.41) is 7.88. The summed E-state index contributed by atoms with van der Waals surface area (Å²) >= 11 is 0. The van der Waals surface area contributed by atoms with E-state index in [4.69, 9.17) is 5.11 Å². The second-order valence-corrected chi connectivity index (χ2v) is 6.19. The molecule has 0 aromatic heterocycles. The predicted molar refractivity (Wildman–Crippen MR) is 84.9 cm³/mol. The molecule has 0 fully saturated rings. The van der Waals surface area contributed by atoms with Gasteiger partial charge < -0.3 is 9.66 Å². The number of unbranched alkanes of at least 4 members (excludes halogenated alkanes) is 9. The van der Waals surface area contributed by atoms with Gasteiger partial charge in [0.05, 0.1) is 6.61 Å². The molecule has 0 saturated heterocycles. The molecule has 0 amide bonds. The van der Waals surface area contributed by atoms with Gasteiger partial charge in [0, 0.05) is 6.61 Å². The van der Waals surface area contributed by atoms with E-state index in [2.05, 4.69) is 11.1 Å². The number of aliphatic hydroxyl groups excluding tert-OH is 1. The van der Waals surface area contributed by atoms with E-state index < -0.39 is 10.4 Å². The van der Waals surface area contributed by atoms with Crippen LogP contribution in [0.1, 0.15) is 84.5 Å². The van der Waals surface area contributed by atoms with Crippen LogP contribution in [-0.2, 0) is 14.6 Å². The van der Waals surface area contributed by atoms with Gasteiger partial charge in [0.15, 0.2) is 0 Å². The van der Waals surface area contributed by atoms with Crippen LogP contribution in [0, 0.1) is 0 Å². The Balaban J connectivity index is -0.000000640. The summed E-state index contributed by atoms with van der Waals surface area (Å²) < 4.78 is 34.5. The fourth-order valence-electron chi connectivity index (χ4n) is 1.75. The average Bonchev–Trinajstić information content (AvgIpc) is 2.44. The van der Waals surface area contributed by atoms with Gasteiger partial charge >= 0.3 is 29.6 Å². The zero-order valence-electron chi connectivity index (χ0n) is 14.7. The van der Waals surface area contributed by atoms with Gasteiger partial charge in [0.2, 0.25) is 10.4 Å². The van der Waals surface area contributed by atoms with E-state index in [9.17, 15) is 13.0 Å². The van der Waals surface area contributed by atoms with E-state index in [-0.39, 0.29) is 36.2 Å². The summed E-state index contributed by atoms with van der Waals surface area (Å²) in [5.41, 5.74) is 0. The van der Waals surface area contributed by atoms with Crippen molar-refractivity contribution < 1.29 is 51.8 Å². The predicted octanol–water partition coefficient (Wildman–Crippen LogP) is 0.777.